The molecule has 3 nitrogen and oxygen atoms in total. The van der Waals surface area contributed by atoms with E-state index in [9.17, 15) is 4.79 Å². The number of carbonyl (C=O) groups is 1. The fraction of sp³-hybridized carbons (Fsp3) is 0.533. The van der Waals surface area contributed by atoms with Gasteiger partial charge in [0.2, 0.25) is 5.91 Å². The lowest BCUT2D eigenvalue weighted by Gasteiger charge is -2.33. The second-order valence-electron chi connectivity index (χ2n) is 6.39. The molecule has 1 aliphatic carbocycles. The van der Waals surface area contributed by atoms with Crippen molar-refractivity contribution in [2.24, 2.45) is 17.1 Å². The molecule has 0 saturated heterocycles. The van der Waals surface area contributed by atoms with E-state index in [-0.39, 0.29) is 17.2 Å². The van der Waals surface area contributed by atoms with Gasteiger partial charge in [0.05, 0.1) is 10.7 Å². The van der Waals surface area contributed by atoms with E-state index in [1.807, 2.05) is 24.3 Å². The molecule has 1 aromatic carbocycles. The predicted octanol–water partition coefficient (Wildman–Crippen LogP) is 3.43. The van der Waals surface area contributed by atoms with E-state index in [1.54, 1.807) is 0 Å². The quantitative estimate of drug-likeness (QED) is 0.891. The molecule has 1 aliphatic rings. The van der Waals surface area contributed by atoms with Crippen molar-refractivity contribution in [3.05, 3.63) is 29.3 Å². The summed E-state index contributed by atoms with van der Waals surface area (Å²) in [6, 6.07) is 7.45. The molecule has 0 bridgehead atoms. The number of primary amides is 1. The molecule has 104 valence electrons. The van der Waals surface area contributed by atoms with E-state index in [4.69, 9.17) is 17.3 Å². The number of benzene rings is 1. The highest BCUT2D eigenvalue weighted by molar-refractivity contribution is 6.33. The first kappa shape index (κ1) is 14.2. The standard InChI is InChI=1S/C15H21ClN2O/c1-10-8-14(2,3)9-15(10,13(17)19)18-12-7-5-4-6-11(12)16/h4-7,10,18H,8-9H2,1-3H3,(H2,17,19). The average Bonchev–Trinajstić information content (AvgIpc) is 2.53. The number of para-hydroxylation sites is 1. The maximum Gasteiger partial charge on any atom is 0.243 e. The van der Waals surface area contributed by atoms with Crippen LogP contribution in [-0.2, 0) is 4.79 Å². The summed E-state index contributed by atoms with van der Waals surface area (Å²) in [5.41, 5.74) is 5.85. The van der Waals surface area contributed by atoms with E-state index in [0.717, 1.165) is 18.5 Å². The van der Waals surface area contributed by atoms with Gasteiger partial charge >= 0.3 is 0 Å². The second-order valence-corrected chi connectivity index (χ2v) is 6.79. The maximum absolute atomic E-state index is 12.1. The van der Waals surface area contributed by atoms with Gasteiger partial charge in [-0.15, -0.1) is 0 Å². The van der Waals surface area contributed by atoms with Crippen LogP contribution < -0.4 is 11.1 Å². The fourth-order valence-corrected chi connectivity index (χ4v) is 3.55. The van der Waals surface area contributed by atoms with E-state index in [2.05, 4.69) is 26.1 Å². The molecule has 0 heterocycles. The zero-order valence-corrected chi connectivity index (χ0v) is 12.4. The Bertz CT molecular complexity index is 501. The summed E-state index contributed by atoms with van der Waals surface area (Å²) in [6.07, 6.45) is 1.69. The maximum atomic E-state index is 12.1. The van der Waals surface area contributed by atoms with Gasteiger partial charge in [-0.3, -0.25) is 4.79 Å². The molecular weight excluding hydrogens is 260 g/mol. The topological polar surface area (TPSA) is 55.1 Å². The highest BCUT2D eigenvalue weighted by atomic mass is 35.5. The fourth-order valence-electron chi connectivity index (χ4n) is 3.37. The molecule has 1 aromatic rings. The summed E-state index contributed by atoms with van der Waals surface area (Å²) in [5, 5.41) is 3.93. The van der Waals surface area contributed by atoms with Crippen LogP contribution in [0.5, 0.6) is 0 Å². The van der Waals surface area contributed by atoms with Crippen molar-refractivity contribution in [3.8, 4) is 0 Å². The molecule has 1 fully saturated rings. The Morgan fingerprint density at radius 2 is 2.05 bits per heavy atom. The SMILES string of the molecule is CC1CC(C)(C)CC1(Nc1ccccc1Cl)C(N)=O. The number of anilines is 1. The van der Waals surface area contributed by atoms with E-state index in [1.165, 1.54) is 0 Å². The van der Waals surface area contributed by atoms with Crippen LogP contribution in [0, 0.1) is 11.3 Å². The van der Waals surface area contributed by atoms with Gasteiger partial charge in [-0.2, -0.15) is 0 Å². The first-order valence-corrected chi connectivity index (χ1v) is 6.97. The van der Waals surface area contributed by atoms with Gasteiger partial charge in [0.1, 0.15) is 5.54 Å². The molecular formula is C15H21ClN2O. The molecule has 19 heavy (non-hydrogen) atoms. The second kappa shape index (κ2) is 4.71. The smallest absolute Gasteiger partial charge is 0.243 e. The third kappa shape index (κ3) is 2.57. The van der Waals surface area contributed by atoms with Gasteiger partial charge in [0, 0.05) is 0 Å². The van der Waals surface area contributed by atoms with Crippen molar-refractivity contribution in [1.29, 1.82) is 0 Å². The summed E-state index contributed by atoms with van der Waals surface area (Å²) in [4.78, 5) is 12.1. The minimum Gasteiger partial charge on any atom is -0.370 e. The van der Waals surface area contributed by atoms with Gasteiger partial charge in [-0.05, 0) is 36.3 Å². The van der Waals surface area contributed by atoms with Crippen molar-refractivity contribution >= 4 is 23.2 Å². The van der Waals surface area contributed by atoms with Crippen LogP contribution >= 0.6 is 11.6 Å². The van der Waals surface area contributed by atoms with E-state index >= 15 is 0 Å². The Balaban J connectivity index is 2.37. The summed E-state index contributed by atoms with van der Waals surface area (Å²) < 4.78 is 0. The molecule has 1 saturated carbocycles. The average molecular weight is 281 g/mol. The Morgan fingerprint density at radius 3 is 2.53 bits per heavy atom. The highest BCUT2D eigenvalue weighted by Gasteiger charge is 2.52. The third-order valence-electron chi connectivity index (χ3n) is 4.13. The number of rotatable bonds is 3. The number of halogens is 1. The normalized spacial score (nSPS) is 29.2. The van der Waals surface area contributed by atoms with E-state index in [0.29, 0.717) is 5.02 Å². The van der Waals surface area contributed by atoms with Crippen molar-refractivity contribution < 1.29 is 4.79 Å². The molecule has 2 atom stereocenters. The minimum atomic E-state index is -0.714. The first-order chi connectivity index (χ1) is 8.77. The van der Waals surface area contributed by atoms with Gasteiger partial charge in [-0.1, -0.05) is 44.5 Å². The molecule has 0 aromatic heterocycles. The number of amides is 1. The number of hydrogen-bond acceptors (Lipinski definition) is 2. The van der Waals surface area contributed by atoms with Gasteiger partial charge < -0.3 is 11.1 Å². The van der Waals surface area contributed by atoms with Crippen molar-refractivity contribution in [2.75, 3.05) is 5.32 Å². The lowest BCUT2D eigenvalue weighted by atomic mass is 9.85. The monoisotopic (exact) mass is 280 g/mol. The van der Waals surface area contributed by atoms with Gasteiger partial charge in [0.15, 0.2) is 0 Å². The minimum absolute atomic E-state index is 0.0999. The van der Waals surface area contributed by atoms with Crippen LogP contribution in [0.3, 0.4) is 0 Å². The largest absolute Gasteiger partial charge is 0.370 e. The lowest BCUT2D eigenvalue weighted by Crippen LogP contribution is -2.53. The Kier molecular flexibility index (Phi) is 3.52. The molecule has 4 heteroatoms. The van der Waals surface area contributed by atoms with Gasteiger partial charge in [0.25, 0.3) is 0 Å². The molecule has 0 radical (unpaired) electrons. The summed E-state index contributed by atoms with van der Waals surface area (Å²) in [5.74, 6) is -0.123. The van der Waals surface area contributed by atoms with Gasteiger partial charge in [-0.25, -0.2) is 0 Å². The first-order valence-electron chi connectivity index (χ1n) is 6.59. The van der Waals surface area contributed by atoms with Crippen molar-refractivity contribution in [1.82, 2.24) is 0 Å². The molecule has 0 aliphatic heterocycles. The van der Waals surface area contributed by atoms with E-state index < -0.39 is 5.54 Å². The zero-order valence-electron chi connectivity index (χ0n) is 11.7. The summed E-state index contributed by atoms with van der Waals surface area (Å²) >= 11 is 6.17. The van der Waals surface area contributed by atoms with Crippen molar-refractivity contribution in [3.63, 3.8) is 0 Å². The molecule has 0 spiro atoms. The molecule has 2 unspecified atom stereocenters. The molecule has 1 amide bonds. The Labute approximate surface area is 119 Å². The highest BCUT2D eigenvalue weighted by Crippen LogP contribution is 2.49. The number of carbonyl (C=O) groups excluding carboxylic acids is 1. The summed E-state index contributed by atoms with van der Waals surface area (Å²) in [7, 11) is 0. The third-order valence-corrected chi connectivity index (χ3v) is 4.46. The number of nitrogens with two attached hydrogens (primary N) is 1. The number of nitrogens with one attached hydrogen (secondary N) is 1. The van der Waals surface area contributed by atoms with Crippen LogP contribution in [-0.4, -0.2) is 11.4 Å². The predicted molar refractivity (Wildman–Crippen MR) is 79.2 cm³/mol. The summed E-state index contributed by atoms with van der Waals surface area (Å²) in [6.45, 7) is 6.41. The van der Waals surface area contributed by atoms with Crippen LogP contribution in [0.4, 0.5) is 5.69 Å². The number of hydrogen-bond donors (Lipinski definition) is 2. The molecule has 3 N–H and O–H groups in total. The Morgan fingerprint density at radius 1 is 1.42 bits per heavy atom. The molecule has 2 rings (SSSR count). The Hall–Kier alpha value is -1.22. The van der Waals surface area contributed by atoms with Crippen LogP contribution in [0.2, 0.25) is 5.02 Å². The van der Waals surface area contributed by atoms with Crippen LogP contribution in [0.1, 0.15) is 33.6 Å². The zero-order chi connectivity index (χ0) is 14.3. The lowest BCUT2D eigenvalue weighted by molar-refractivity contribution is -0.123. The van der Waals surface area contributed by atoms with Crippen molar-refractivity contribution in [2.45, 2.75) is 39.2 Å². The van der Waals surface area contributed by atoms with Crippen LogP contribution in [0.25, 0.3) is 0 Å². The van der Waals surface area contributed by atoms with Crippen LogP contribution in [0.15, 0.2) is 24.3 Å².